The lowest BCUT2D eigenvalue weighted by Gasteiger charge is -2.25. The summed E-state index contributed by atoms with van der Waals surface area (Å²) in [5, 5.41) is 3.76. The van der Waals surface area contributed by atoms with Gasteiger partial charge in [0.2, 0.25) is 0 Å². The highest BCUT2D eigenvalue weighted by atomic mass is 32.1. The topological polar surface area (TPSA) is 46.3 Å². The predicted molar refractivity (Wildman–Crippen MR) is 149 cm³/mol. The largest absolute Gasteiger partial charge is 0.355 e. The number of thiophene rings is 2. The Labute approximate surface area is 216 Å². The molecule has 3 aromatic heterocycles. The van der Waals surface area contributed by atoms with Gasteiger partial charge in [0.1, 0.15) is 5.69 Å². The maximum absolute atomic E-state index is 10.9. The second kappa shape index (κ2) is 9.77. The monoisotopic (exact) mass is 504 g/mol. The van der Waals surface area contributed by atoms with Crippen LogP contribution in [0.1, 0.15) is 10.5 Å². The third-order valence-electron chi connectivity index (χ3n) is 5.79. The Kier molecular flexibility index (Phi) is 6.03. The molecule has 0 N–H and O–H groups in total. The number of carbonyl (C=O) groups excluding carboxylic acids is 1. The second-order valence-corrected chi connectivity index (χ2v) is 10.3. The molecule has 6 heteroatoms. The lowest BCUT2D eigenvalue weighted by Crippen LogP contribution is -2.09. The van der Waals surface area contributed by atoms with Crippen molar-refractivity contribution in [1.82, 2.24) is 5.16 Å². The summed E-state index contributed by atoms with van der Waals surface area (Å²) in [5.74, 6) is 0.613. The number of hydrogen-bond donors (Lipinski definition) is 0. The minimum atomic E-state index is 0.305. The van der Waals surface area contributed by atoms with Gasteiger partial charge in [0.25, 0.3) is 0 Å². The summed E-state index contributed by atoms with van der Waals surface area (Å²) in [7, 11) is 0. The zero-order valence-electron chi connectivity index (χ0n) is 19.1. The molecule has 0 aliphatic rings. The van der Waals surface area contributed by atoms with Crippen LogP contribution in [-0.2, 0) is 0 Å². The van der Waals surface area contributed by atoms with Gasteiger partial charge in [0, 0.05) is 37.8 Å². The number of aldehydes is 1. The molecular weight excluding hydrogens is 484 g/mol. The molecule has 0 aliphatic heterocycles. The fourth-order valence-corrected chi connectivity index (χ4v) is 6.12. The van der Waals surface area contributed by atoms with Crippen LogP contribution in [0, 0.1) is 0 Å². The highest BCUT2D eigenvalue weighted by Gasteiger charge is 2.14. The SMILES string of the molecule is O=Cc1cc(-c2ccc(-c3ccc(-c4ccc(N(c5ccccc5)c5ccccc5)cc4)s3)s2)on1. The van der Waals surface area contributed by atoms with E-state index < -0.39 is 0 Å². The minimum Gasteiger partial charge on any atom is -0.355 e. The number of hydrogen-bond acceptors (Lipinski definition) is 6. The number of benzene rings is 3. The lowest BCUT2D eigenvalue weighted by molar-refractivity contribution is 0.111. The molecule has 0 radical (unpaired) electrons. The molecule has 6 aromatic rings. The first-order valence-corrected chi connectivity index (χ1v) is 13.0. The molecule has 0 saturated carbocycles. The summed E-state index contributed by atoms with van der Waals surface area (Å²) < 4.78 is 5.29. The molecule has 0 unspecified atom stereocenters. The van der Waals surface area contributed by atoms with E-state index in [-0.39, 0.29) is 0 Å². The summed E-state index contributed by atoms with van der Waals surface area (Å²) in [4.78, 5) is 17.7. The first kappa shape index (κ1) is 22.2. The molecule has 36 heavy (non-hydrogen) atoms. The van der Waals surface area contributed by atoms with Crippen molar-refractivity contribution < 1.29 is 9.32 Å². The summed E-state index contributed by atoms with van der Waals surface area (Å²) >= 11 is 3.39. The molecule has 3 aromatic carbocycles. The van der Waals surface area contributed by atoms with Crippen LogP contribution in [0.3, 0.4) is 0 Å². The fraction of sp³-hybridized carbons (Fsp3) is 0. The van der Waals surface area contributed by atoms with Crippen molar-refractivity contribution in [3.63, 3.8) is 0 Å². The van der Waals surface area contributed by atoms with E-state index in [1.54, 1.807) is 28.7 Å². The Morgan fingerprint density at radius 3 is 1.72 bits per heavy atom. The van der Waals surface area contributed by atoms with E-state index in [0.717, 1.165) is 26.8 Å². The smallest absolute Gasteiger partial charge is 0.177 e. The lowest BCUT2D eigenvalue weighted by atomic mass is 10.1. The van der Waals surface area contributed by atoms with Crippen LogP contribution >= 0.6 is 22.7 Å². The molecule has 0 spiro atoms. The third kappa shape index (κ3) is 4.40. The van der Waals surface area contributed by atoms with Gasteiger partial charge in [-0.15, -0.1) is 22.7 Å². The van der Waals surface area contributed by atoms with Gasteiger partial charge in [0.15, 0.2) is 12.0 Å². The Balaban J connectivity index is 1.27. The van der Waals surface area contributed by atoms with Gasteiger partial charge in [0.05, 0.1) is 4.88 Å². The van der Waals surface area contributed by atoms with Crippen molar-refractivity contribution in [2.24, 2.45) is 0 Å². The summed E-state index contributed by atoms with van der Waals surface area (Å²) in [6.07, 6.45) is 0.692. The van der Waals surface area contributed by atoms with Crippen LogP contribution < -0.4 is 4.90 Å². The number of rotatable bonds is 7. The van der Waals surface area contributed by atoms with Crippen molar-refractivity contribution in [2.45, 2.75) is 0 Å². The van der Waals surface area contributed by atoms with Gasteiger partial charge in [-0.2, -0.15) is 0 Å². The van der Waals surface area contributed by atoms with E-state index in [4.69, 9.17) is 4.52 Å². The quantitative estimate of drug-likeness (QED) is 0.203. The highest BCUT2D eigenvalue weighted by Crippen LogP contribution is 2.41. The first-order chi connectivity index (χ1) is 17.8. The van der Waals surface area contributed by atoms with Gasteiger partial charge < -0.3 is 9.42 Å². The van der Waals surface area contributed by atoms with Crippen molar-refractivity contribution >= 4 is 46.0 Å². The second-order valence-electron chi connectivity index (χ2n) is 8.12. The van der Waals surface area contributed by atoms with Crippen LogP contribution in [-0.4, -0.2) is 11.4 Å². The maximum Gasteiger partial charge on any atom is 0.177 e. The van der Waals surface area contributed by atoms with Crippen molar-refractivity contribution in [3.05, 3.63) is 121 Å². The molecule has 0 bridgehead atoms. The van der Waals surface area contributed by atoms with Crippen LogP contribution in [0.25, 0.3) is 30.8 Å². The predicted octanol–water partition coefficient (Wildman–Crippen LogP) is 9.08. The van der Waals surface area contributed by atoms with Gasteiger partial charge in [-0.1, -0.05) is 53.7 Å². The minimum absolute atomic E-state index is 0.305. The Hall–Kier alpha value is -4.26. The first-order valence-electron chi connectivity index (χ1n) is 11.4. The normalized spacial score (nSPS) is 10.9. The average molecular weight is 505 g/mol. The number of carbonyl (C=O) groups is 1. The molecular formula is C30H20N2O2S2. The zero-order chi connectivity index (χ0) is 24.3. The number of nitrogens with zero attached hydrogens (tertiary/aromatic N) is 2. The van der Waals surface area contributed by atoms with Crippen LogP contribution in [0.5, 0.6) is 0 Å². The van der Waals surface area contributed by atoms with Crippen LogP contribution in [0.4, 0.5) is 17.1 Å². The highest BCUT2D eigenvalue weighted by molar-refractivity contribution is 7.25. The maximum atomic E-state index is 10.9. The molecule has 6 rings (SSSR count). The average Bonchev–Trinajstić information content (AvgIpc) is 3.71. The Morgan fingerprint density at radius 1 is 0.611 bits per heavy atom. The van der Waals surface area contributed by atoms with E-state index in [1.165, 1.54) is 15.3 Å². The van der Waals surface area contributed by atoms with Crippen molar-refractivity contribution in [3.8, 4) is 30.8 Å². The molecule has 0 fully saturated rings. The number of para-hydroxylation sites is 2. The van der Waals surface area contributed by atoms with Gasteiger partial charge in [-0.05, 0) is 66.2 Å². The zero-order valence-corrected chi connectivity index (χ0v) is 20.7. The van der Waals surface area contributed by atoms with E-state index in [0.29, 0.717) is 17.7 Å². The van der Waals surface area contributed by atoms with E-state index in [1.807, 2.05) is 18.2 Å². The number of anilines is 3. The molecule has 4 nitrogen and oxygen atoms in total. The van der Waals surface area contributed by atoms with Crippen LogP contribution in [0.2, 0.25) is 0 Å². The molecule has 0 saturated heterocycles. The molecule has 174 valence electrons. The van der Waals surface area contributed by atoms with Crippen molar-refractivity contribution in [1.29, 1.82) is 0 Å². The molecule has 0 aliphatic carbocycles. The Bertz CT molecular complexity index is 1560. The van der Waals surface area contributed by atoms with Gasteiger partial charge >= 0.3 is 0 Å². The van der Waals surface area contributed by atoms with E-state index >= 15 is 0 Å². The van der Waals surface area contributed by atoms with E-state index in [9.17, 15) is 4.79 Å². The molecule has 3 heterocycles. The number of aromatic nitrogens is 1. The summed E-state index contributed by atoms with van der Waals surface area (Å²) in [6, 6.07) is 39.6. The Morgan fingerprint density at radius 2 is 1.14 bits per heavy atom. The molecule has 0 amide bonds. The standard InChI is InChI=1S/C30H20N2O2S2/c33-20-22-19-26(34-31-22)28-16-18-30(36-28)29-17-15-27(35-29)21-11-13-25(14-12-21)32(23-7-3-1-4-8-23)24-9-5-2-6-10-24/h1-20H. The van der Waals surface area contributed by atoms with Crippen molar-refractivity contribution in [2.75, 3.05) is 4.90 Å². The molecule has 0 atom stereocenters. The van der Waals surface area contributed by atoms with E-state index in [2.05, 4.69) is 101 Å². The summed E-state index contributed by atoms with van der Waals surface area (Å²) in [5.41, 5.74) is 4.84. The van der Waals surface area contributed by atoms with Gasteiger partial charge in [-0.3, -0.25) is 4.79 Å². The third-order valence-corrected chi connectivity index (χ3v) is 8.22. The van der Waals surface area contributed by atoms with Gasteiger partial charge in [-0.25, -0.2) is 0 Å². The van der Waals surface area contributed by atoms with Crippen LogP contribution in [0.15, 0.2) is 120 Å². The fourth-order valence-electron chi connectivity index (χ4n) is 4.06. The summed E-state index contributed by atoms with van der Waals surface area (Å²) in [6.45, 7) is 0.